The first-order valence-electron chi connectivity index (χ1n) is 7.04. The molecule has 0 atom stereocenters. The third kappa shape index (κ3) is 5.34. The number of benzene rings is 1. The van der Waals surface area contributed by atoms with Crippen molar-refractivity contribution in [2.45, 2.75) is 33.6 Å². The SMILES string of the molecule is C/C=C/C(=O)Nc1ccc(OCCC)c(OCCC)c1. The number of ether oxygens (including phenoxy) is 2. The molecule has 1 aromatic carbocycles. The molecule has 0 fully saturated rings. The second kappa shape index (κ2) is 9.02. The molecule has 110 valence electrons. The molecule has 1 rings (SSSR count). The zero-order valence-electron chi connectivity index (χ0n) is 12.4. The fourth-order valence-corrected chi connectivity index (χ4v) is 1.58. The quantitative estimate of drug-likeness (QED) is 0.736. The summed E-state index contributed by atoms with van der Waals surface area (Å²) in [5.74, 6) is 1.22. The van der Waals surface area contributed by atoms with Crippen molar-refractivity contribution in [3.05, 3.63) is 30.4 Å². The highest BCUT2D eigenvalue weighted by molar-refractivity contribution is 5.99. The smallest absolute Gasteiger partial charge is 0.248 e. The topological polar surface area (TPSA) is 47.6 Å². The highest BCUT2D eigenvalue weighted by atomic mass is 16.5. The number of anilines is 1. The van der Waals surface area contributed by atoms with Gasteiger partial charge >= 0.3 is 0 Å². The molecule has 0 saturated carbocycles. The van der Waals surface area contributed by atoms with Crippen LogP contribution in [0.2, 0.25) is 0 Å². The molecule has 4 heteroatoms. The Morgan fingerprint density at radius 3 is 2.40 bits per heavy atom. The summed E-state index contributed by atoms with van der Waals surface area (Å²) in [5.41, 5.74) is 0.697. The first-order valence-corrected chi connectivity index (χ1v) is 7.04. The largest absolute Gasteiger partial charge is 0.490 e. The fraction of sp³-hybridized carbons (Fsp3) is 0.438. The summed E-state index contributed by atoms with van der Waals surface area (Å²) < 4.78 is 11.3. The van der Waals surface area contributed by atoms with Gasteiger partial charge in [-0.3, -0.25) is 4.79 Å². The lowest BCUT2D eigenvalue weighted by molar-refractivity contribution is -0.111. The molecule has 0 aliphatic rings. The Morgan fingerprint density at radius 1 is 1.15 bits per heavy atom. The lowest BCUT2D eigenvalue weighted by Crippen LogP contribution is -2.08. The van der Waals surface area contributed by atoms with E-state index in [1.165, 1.54) is 6.08 Å². The Bertz CT molecular complexity index is 455. The number of hydrogen-bond donors (Lipinski definition) is 1. The standard InChI is InChI=1S/C16H23NO3/c1-4-7-16(18)17-13-8-9-14(19-10-5-2)15(12-13)20-11-6-3/h4,7-9,12H,5-6,10-11H2,1-3H3,(H,17,18)/b7-4+. The summed E-state index contributed by atoms with van der Waals surface area (Å²) >= 11 is 0. The van der Waals surface area contributed by atoms with Crippen LogP contribution in [0.1, 0.15) is 33.6 Å². The molecule has 0 unspecified atom stereocenters. The van der Waals surface area contributed by atoms with Gasteiger partial charge in [-0.15, -0.1) is 0 Å². The molecular formula is C16H23NO3. The van der Waals surface area contributed by atoms with Gasteiger partial charge in [0.1, 0.15) is 0 Å². The lowest BCUT2D eigenvalue weighted by Gasteiger charge is -2.13. The summed E-state index contributed by atoms with van der Waals surface area (Å²) in [6, 6.07) is 5.43. The number of amides is 1. The van der Waals surface area contributed by atoms with Crippen LogP contribution in [-0.2, 0) is 4.79 Å². The molecule has 0 radical (unpaired) electrons. The van der Waals surface area contributed by atoms with Crippen molar-refractivity contribution in [2.24, 2.45) is 0 Å². The van der Waals surface area contributed by atoms with Gasteiger partial charge < -0.3 is 14.8 Å². The average Bonchev–Trinajstić information content (AvgIpc) is 2.44. The second-order valence-corrected chi connectivity index (χ2v) is 4.35. The van der Waals surface area contributed by atoms with E-state index in [0.717, 1.165) is 12.8 Å². The molecule has 0 aliphatic carbocycles. The molecular weight excluding hydrogens is 254 g/mol. The molecule has 1 aromatic rings. The first-order chi connectivity index (χ1) is 9.71. The number of nitrogens with one attached hydrogen (secondary N) is 1. The highest BCUT2D eigenvalue weighted by Crippen LogP contribution is 2.30. The third-order valence-electron chi connectivity index (χ3n) is 2.45. The van der Waals surface area contributed by atoms with E-state index in [1.54, 1.807) is 19.1 Å². The van der Waals surface area contributed by atoms with Gasteiger partial charge in [0.25, 0.3) is 0 Å². The summed E-state index contributed by atoms with van der Waals surface area (Å²) in [4.78, 5) is 11.5. The maximum atomic E-state index is 11.5. The maximum absolute atomic E-state index is 11.5. The number of rotatable bonds is 8. The zero-order valence-corrected chi connectivity index (χ0v) is 12.4. The molecule has 20 heavy (non-hydrogen) atoms. The van der Waals surface area contributed by atoms with Crippen LogP contribution in [-0.4, -0.2) is 19.1 Å². The van der Waals surface area contributed by atoms with Crippen LogP contribution in [0, 0.1) is 0 Å². The first kappa shape index (κ1) is 16.1. The summed E-state index contributed by atoms with van der Waals surface area (Å²) in [5, 5.41) is 2.78. The van der Waals surface area contributed by atoms with E-state index in [-0.39, 0.29) is 5.91 Å². The highest BCUT2D eigenvalue weighted by Gasteiger charge is 2.07. The molecule has 1 N–H and O–H groups in total. The van der Waals surface area contributed by atoms with E-state index in [0.29, 0.717) is 30.4 Å². The van der Waals surface area contributed by atoms with Gasteiger partial charge in [-0.2, -0.15) is 0 Å². The van der Waals surface area contributed by atoms with Gasteiger partial charge in [0.2, 0.25) is 5.91 Å². The van der Waals surface area contributed by atoms with Crippen molar-refractivity contribution in [1.29, 1.82) is 0 Å². The van der Waals surface area contributed by atoms with Crippen LogP contribution >= 0.6 is 0 Å². The van der Waals surface area contributed by atoms with Gasteiger partial charge in [-0.25, -0.2) is 0 Å². The average molecular weight is 277 g/mol. The van der Waals surface area contributed by atoms with Gasteiger partial charge in [-0.1, -0.05) is 19.9 Å². The van der Waals surface area contributed by atoms with Crippen LogP contribution in [0.4, 0.5) is 5.69 Å². The number of allylic oxidation sites excluding steroid dienone is 1. The van der Waals surface area contributed by atoms with Crippen molar-refractivity contribution >= 4 is 11.6 Å². The van der Waals surface area contributed by atoms with E-state index in [4.69, 9.17) is 9.47 Å². The van der Waals surface area contributed by atoms with Gasteiger partial charge in [0.05, 0.1) is 13.2 Å². The Morgan fingerprint density at radius 2 is 1.80 bits per heavy atom. The minimum absolute atomic E-state index is 0.156. The summed E-state index contributed by atoms with van der Waals surface area (Å²) in [6.45, 7) is 7.17. The normalized spacial score (nSPS) is 10.6. The molecule has 0 heterocycles. The van der Waals surface area contributed by atoms with Crippen LogP contribution in [0.15, 0.2) is 30.4 Å². The molecule has 4 nitrogen and oxygen atoms in total. The Balaban J connectivity index is 2.85. The molecule has 0 spiro atoms. The monoisotopic (exact) mass is 277 g/mol. The van der Waals surface area contributed by atoms with Gasteiger partial charge in [0, 0.05) is 11.8 Å². The number of carbonyl (C=O) groups excluding carboxylic acids is 1. The van der Waals surface area contributed by atoms with E-state index < -0.39 is 0 Å². The zero-order chi connectivity index (χ0) is 14.8. The third-order valence-corrected chi connectivity index (χ3v) is 2.45. The van der Waals surface area contributed by atoms with Crippen LogP contribution < -0.4 is 14.8 Å². The molecule has 0 aliphatic heterocycles. The number of carbonyl (C=O) groups is 1. The Hall–Kier alpha value is -1.97. The second-order valence-electron chi connectivity index (χ2n) is 4.35. The van der Waals surface area contributed by atoms with Gasteiger partial charge in [0.15, 0.2) is 11.5 Å². The van der Waals surface area contributed by atoms with E-state index >= 15 is 0 Å². The van der Waals surface area contributed by atoms with Crippen LogP contribution in [0.5, 0.6) is 11.5 Å². The van der Waals surface area contributed by atoms with E-state index in [9.17, 15) is 4.79 Å². The summed E-state index contributed by atoms with van der Waals surface area (Å²) in [6.07, 6.45) is 5.03. The van der Waals surface area contributed by atoms with E-state index in [1.807, 2.05) is 19.1 Å². The molecule has 0 saturated heterocycles. The van der Waals surface area contributed by atoms with Crippen molar-refractivity contribution in [3.8, 4) is 11.5 Å². The lowest BCUT2D eigenvalue weighted by atomic mass is 10.2. The van der Waals surface area contributed by atoms with Crippen molar-refractivity contribution in [3.63, 3.8) is 0 Å². The minimum Gasteiger partial charge on any atom is -0.490 e. The molecule has 0 bridgehead atoms. The molecule has 1 amide bonds. The Labute approximate surface area is 120 Å². The fourth-order valence-electron chi connectivity index (χ4n) is 1.58. The maximum Gasteiger partial charge on any atom is 0.248 e. The predicted molar refractivity (Wildman–Crippen MR) is 81.5 cm³/mol. The van der Waals surface area contributed by atoms with Crippen LogP contribution in [0.25, 0.3) is 0 Å². The Kier molecular flexibility index (Phi) is 7.25. The van der Waals surface area contributed by atoms with Crippen LogP contribution in [0.3, 0.4) is 0 Å². The van der Waals surface area contributed by atoms with Gasteiger partial charge in [-0.05, 0) is 38.0 Å². The predicted octanol–water partition coefficient (Wildman–Crippen LogP) is 3.78. The van der Waals surface area contributed by atoms with Crippen molar-refractivity contribution in [2.75, 3.05) is 18.5 Å². The minimum atomic E-state index is -0.156. The van der Waals surface area contributed by atoms with E-state index in [2.05, 4.69) is 12.2 Å². The number of hydrogen-bond acceptors (Lipinski definition) is 3. The summed E-state index contributed by atoms with van der Waals surface area (Å²) in [7, 11) is 0. The molecule has 0 aromatic heterocycles. The van der Waals surface area contributed by atoms with Crippen molar-refractivity contribution in [1.82, 2.24) is 0 Å². The van der Waals surface area contributed by atoms with Crippen molar-refractivity contribution < 1.29 is 14.3 Å².